The first-order valence-corrected chi connectivity index (χ1v) is 8.97. The molecule has 2 aliphatic rings. The zero-order valence-electron chi connectivity index (χ0n) is 14.4. The summed E-state index contributed by atoms with van der Waals surface area (Å²) >= 11 is 0. The Labute approximate surface area is 143 Å². The predicted molar refractivity (Wildman–Crippen MR) is 92.4 cm³/mol. The van der Waals surface area contributed by atoms with Gasteiger partial charge in [-0.1, -0.05) is 13.0 Å². The van der Waals surface area contributed by atoms with Crippen molar-refractivity contribution in [2.24, 2.45) is 5.92 Å². The van der Waals surface area contributed by atoms with Crippen molar-refractivity contribution in [3.05, 3.63) is 30.1 Å². The van der Waals surface area contributed by atoms with E-state index in [-0.39, 0.29) is 18.0 Å². The number of aromatic nitrogens is 1. The molecule has 1 aromatic heterocycles. The van der Waals surface area contributed by atoms with E-state index in [1.807, 2.05) is 25.3 Å². The maximum Gasteiger partial charge on any atom is 0.317 e. The van der Waals surface area contributed by atoms with Gasteiger partial charge in [0.1, 0.15) is 0 Å². The minimum atomic E-state index is -0.398. The van der Waals surface area contributed by atoms with Gasteiger partial charge in [0.2, 0.25) is 0 Å². The maximum atomic E-state index is 12.4. The maximum absolute atomic E-state index is 12.4. The molecule has 2 unspecified atom stereocenters. The average molecular weight is 332 g/mol. The number of β-amino-alcohol motifs (C(OH)–C–C–N with tert-alkyl or cyclic N) is 1. The molecule has 0 spiro atoms. The molecule has 0 aliphatic carbocycles. The lowest BCUT2D eigenvalue weighted by Crippen LogP contribution is -2.53. The Morgan fingerprint density at radius 2 is 2.08 bits per heavy atom. The Balaban J connectivity index is 1.41. The second-order valence-corrected chi connectivity index (χ2v) is 7.10. The van der Waals surface area contributed by atoms with Crippen LogP contribution in [0.15, 0.2) is 24.4 Å². The molecule has 24 heavy (non-hydrogen) atoms. The van der Waals surface area contributed by atoms with E-state index in [1.165, 1.54) is 0 Å². The molecular weight excluding hydrogens is 304 g/mol. The summed E-state index contributed by atoms with van der Waals surface area (Å²) in [6.07, 6.45) is 4.23. The van der Waals surface area contributed by atoms with Crippen molar-refractivity contribution in [2.45, 2.75) is 44.9 Å². The van der Waals surface area contributed by atoms with Gasteiger partial charge in [-0.25, -0.2) is 4.79 Å². The zero-order valence-corrected chi connectivity index (χ0v) is 14.4. The molecular formula is C18H28N4O2. The van der Waals surface area contributed by atoms with Crippen LogP contribution in [0.1, 0.15) is 31.9 Å². The molecule has 1 aromatic rings. The van der Waals surface area contributed by atoms with Gasteiger partial charge in [0.15, 0.2) is 0 Å². The minimum Gasteiger partial charge on any atom is -0.391 e. The molecule has 2 atom stereocenters. The largest absolute Gasteiger partial charge is 0.391 e. The summed E-state index contributed by atoms with van der Waals surface area (Å²) in [6.45, 7) is 6.05. The molecule has 2 N–H and O–H groups in total. The number of aliphatic hydroxyl groups is 1. The van der Waals surface area contributed by atoms with Crippen LogP contribution >= 0.6 is 0 Å². The van der Waals surface area contributed by atoms with Gasteiger partial charge in [0, 0.05) is 45.0 Å². The Morgan fingerprint density at radius 1 is 1.29 bits per heavy atom. The molecule has 6 nitrogen and oxygen atoms in total. The van der Waals surface area contributed by atoms with Gasteiger partial charge in [0.05, 0.1) is 11.8 Å². The van der Waals surface area contributed by atoms with Crippen molar-refractivity contribution in [2.75, 3.05) is 26.2 Å². The van der Waals surface area contributed by atoms with Crippen molar-refractivity contribution in [1.29, 1.82) is 0 Å². The van der Waals surface area contributed by atoms with Crippen LogP contribution in [0, 0.1) is 5.92 Å². The van der Waals surface area contributed by atoms with Crippen LogP contribution in [0.3, 0.4) is 0 Å². The first kappa shape index (κ1) is 17.2. The number of urea groups is 1. The van der Waals surface area contributed by atoms with Crippen LogP contribution in [-0.2, 0) is 6.54 Å². The predicted octanol–water partition coefficient (Wildman–Crippen LogP) is 1.46. The highest BCUT2D eigenvalue weighted by molar-refractivity contribution is 5.74. The van der Waals surface area contributed by atoms with E-state index >= 15 is 0 Å². The number of amides is 2. The third-order valence-electron chi connectivity index (χ3n) is 5.23. The van der Waals surface area contributed by atoms with Gasteiger partial charge in [-0.15, -0.1) is 0 Å². The van der Waals surface area contributed by atoms with E-state index in [0.29, 0.717) is 6.54 Å². The highest BCUT2D eigenvalue weighted by atomic mass is 16.3. The standard InChI is InChI=1S/C18H28N4O2/c1-14-5-11-22(13-17(14)23)18(24)20-15-6-9-21(10-7-15)12-16-4-2-3-8-19-16/h2-4,8,14-15,17,23H,5-7,9-13H2,1H3,(H,20,24). The number of pyridine rings is 1. The van der Waals surface area contributed by atoms with Crippen LogP contribution in [0.2, 0.25) is 0 Å². The van der Waals surface area contributed by atoms with Crippen molar-refractivity contribution in [1.82, 2.24) is 20.1 Å². The summed E-state index contributed by atoms with van der Waals surface area (Å²) in [7, 11) is 0. The second kappa shape index (κ2) is 7.94. The summed E-state index contributed by atoms with van der Waals surface area (Å²) in [6, 6.07) is 6.21. The fourth-order valence-corrected chi connectivity index (χ4v) is 3.46. The molecule has 0 aromatic carbocycles. The first-order chi connectivity index (χ1) is 11.6. The van der Waals surface area contributed by atoms with Crippen LogP contribution in [0.5, 0.6) is 0 Å². The van der Waals surface area contributed by atoms with Gasteiger partial charge in [-0.2, -0.15) is 0 Å². The smallest absolute Gasteiger partial charge is 0.317 e. The SMILES string of the molecule is CC1CCN(C(=O)NC2CCN(Cc3ccccn3)CC2)CC1O. The van der Waals surface area contributed by atoms with Crippen LogP contribution in [0.25, 0.3) is 0 Å². The summed E-state index contributed by atoms with van der Waals surface area (Å²) in [4.78, 5) is 20.9. The molecule has 6 heteroatoms. The topological polar surface area (TPSA) is 68.7 Å². The molecule has 3 rings (SSSR count). The number of likely N-dealkylation sites (tertiary alicyclic amines) is 2. The van der Waals surface area contributed by atoms with E-state index in [9.17, 15) is 9.90 Å². The molecule has 0 saturated carbocycles. The number of hydrogen-bond donors (Lipinski definition) is 2. The lowest BCUT2D eigenvalue weighted by molar-refractivity contribution is 0.0423. The Kier molecular flexibility index (Phi) is 5.68. The molecule has 0 bridgehead atoms. The monoisotopic (exact) mass is 332 g/mol. The van der Waals surface area contributed by atoms with Crippen molar-refractivity contribution < 1.29 is 9.90 Å². The van der Waals surface area contributed by atoms with Crippen molar-refractivity contribution in [3.8, 4) is 0 Å². The quantitative estimate of drug-likeness (QED) is 0.879. The normalized spacial score (nSPS) is 26.3. The zero-order chi connectivity index (χ0) is 16.9. The first-order valence-electron chi connectivity index (χ1n) is 8.97. The van der Waals surface area contributed by atoms with Gasteiger partial charge in [-0.05, 0) is 37.3 Å². The van der Waals surface area contributed by atoms with Crippen LogP contribution < -0.4 is 5.32 Å². The summed E-state index contributed by atoms with van der Waals surface area (Å²) in [5.41, 5.74) is 1.09. The third kappa shape index (κ3) is 4.45. The Hall–Kier alpha value is -1.66. The van der Waals surface area contributed by atoms with Gasteiger partial charge >= 0.3 is 6.03 Å². The molecule has 132 valence electrons. The molecule has 2 aliphatic heterocycles. The van der Waals surface area contributed by atoms with Gasteiger partial charge in [-0.3, -0.25) is 9.88 Å². The number of aliphatic hydroxyl groups excluding tert-OH is 1. The van der Waals surface area contributed by atoms with Crippen molar-refractivity contribution >= 4 is 6.03 Å². The number of nitrogens with one attached hydrogen (secondary N) is 1. The minimum absolute atomic E-state index is 0.0240. The van der Waals surface area contributed by atoms with Crippen LogP contribution in [0.4, 0.5) is 4.79 Å². The fraction of sp³-hybridized carbons (Fsp3) is 0.667. The fourth-order valence-electron chi connectivity index (χ4n) is 3.46. The summed E-state index contributed by atoms with van der Waals surface area (Å²) in [5, 5.41) is 13.1. The number of rotatable bonds is 3. The lowest BCUT2D eigenvalue weighted by atomic mass is 9.96. The number of hydrogen-bond acceptors (Lipinski definition) is 4. The lowest BCUT2D eigenvalue weighted by Gasteiger charge is -2.37. The molecule has 2 amide bonds. The molecule has 2 fully saturated rings. The highest BCUT2D eigenvalue weighted by Gasteiger charge is 2.29. The number of carbonyl (C=O) groups is 1. The third-order valence-corrected chi connectivity index (χ3v) is 5.23. The van der Waals surface area contributed by atoms with E-state index in [4.69, 9.17) is 0 Å². The summed E-state index contributed by atoms with van der Waals surface area (Å²) < 4.78 is 0. The molecule has 2 saturated heterocycles. The Bertz CT molecular complexity index is 531. The number of carbonyl (C=O) groups excluding carboxylic acids is 1. The second-order valence-electron chi connectivity index (χ2n) is 7.10. The number of nitrogens with zero attached hydrogens (tertiary/aromatic N) is 3. The number of piperidine rings is 2. The molecule has 3 heterocycles. The van der Waals surface area contributed by atoms with E-state index < -0.39 is 6.10 Å². The van der Waals surface area contributed by atoms with E-state index in [1.54, 1.807) is 4.90 Å². The van der Waals surface area contributed by atoms with E-state index in [0.717, 1.165) is 51.1 Å². The highest BCUT2D eigenvalue weighted by Crippen LogP contribution is 2.18. The van der Waals surface area contributed by atoms with Crippen molar-refractivity contribution in [3.63, 3.8) is 0 Å². The average Bonchev–Trinajstić information content (AvgIpc) is 2.60. The van der Waals surface area contributed by atoms with E-state index in [2.05, 4.69) is 21.3 Å². The van der Waals surface area contributed by atoms with Gasteiger partial charge in [0.25, 0.3) is 0 Å². The Morgan fingerprint density at radius 3 is 2.75 bits per heavy atom. The van der Waals surface area contributed by atoms with Crippen LogP contribution in [-0.4, -0.2) is 64.2 Å². The molecule has 0 radical (unpaired) electrons. The van der Waals surface area contributed by atoms with Gasteiger partial charge < -0.3 is 15.3 Å². The summed E-state index contributed by atoms with van der Waals surface area (Å²) in [5.74, 6) is 0.281.